The van der Waals surface area contributed by atoms with E-state index >= 15 is 0 Å². The van der Waals surface area contributed by atoms with Crippen LogP contribution < -0.4 is 5.48 Å². The molecule has 0 radical (unpaired) electrons. The number of carbonyl (C=O) groups is 1. The van der Waals surface area contributed by atoms with Gasteiger partial charge in [0.25, 0.3) is 0 Å². The van der Waals surface area contributed by atoms with E-state index in [1.165, 1.54) is 19.1 Å². The minimum Gasteiger partial charge on any atom is -0.300 e. The zero-order chi connectivity index (χ0) is 15.0. The van der Waals surface area contributed by atoms with Gasteiger partial charge in [-0.2, -0.15) is 0 Å². The molecule has 2 heterocycles. The van der Waals surface area contributed by atoms with E-state index in [9.17, 15) is 4.79 Å². The van der Waals surface area contributed by atoms with Crippen LogP contribution in [-0.2, 0) is 9.63 Å². The van der Waals surface area contributed by atoms with E-state index in [0.717, 1.165) is 17.9 Å². The largest absolute Gasteiger partial charge is 0.300 e. The van der Waals surface area contributed by atoms with Crippen molar-refractivity contribution in [3.8, 4) is 0 Å². The number of rotatable bonds is 3. The molecule has 2 unspecified atom stereocenters. The minimum atomic E-state index is -0.0742. The highest BCUT2D eigenvalue weighted by molar-refractivity contribution is 6.30. The third-order valence-corrected chi connectivity index (χ3v) is 5.32. The molecule has 21 heavy (non-hydrogen) atoms. The van der Waals surface area contributed by atoms with Gasteiger partial charge in [-0.1, -0.05) is 23.7 Å². The quantitative estimate of drug-likeness (QED) is 0.873. The van der Waals surface area contributed by atoms with Gasteiger partial charge in [0.1, 0.15) is 0 Å². The molecule has 0 spiro atoms. The molecule has 2 aliphatic heterocycles. The molecule has 114 valence electrons. The van der Waals surface area contributed by atoms with Crippen LogP contribution in [0.2, 0.25) is 5.02 Å². The number of nitrogens with zero attached hydrogens (tertiary/aromatic N) is 1. The second-order valence-corrected chi connectivity index (χ2v) is 6.49. The average molecular weight is 309 g/mol. The van der Waals surface area contributed by atoms with Gasteiger partial charge in [-0.3, -0.25) is 14.5 Å². The second-order valence-electron chi connectivity index (χ2n) is 6.05. The van der Waals surface area contributed by atoms with Crippen molar-refractivity contribution in [3.63, 3.8) is 0 Å². The van der Waals surface area contributed by atoms with E-state index in [1.807, 2.05) is 24.3 Å². The monoisotopic (exact) mass is 308 g/mol. The number of carbonyl (C=O) groups excluding carboxylic acids is 1. The van der Waals surface area contributed by atoms with Crippen LogP contribution in [0.15, 0.2) is 24.3 Å². The molecule has 3 rings (SSSR count). The fourth-order valence-electron chi connectivity index (χ4n) is 4.05. The Balaban J connectivity index is 1.92. The molecule has 0 saturated carbocycles. The lowest BCUT2D eigenvalue weighted by Gasteiger charge is -2.42. The minimum absolute atomic E-state index is 0.0188. The fourth-order valence-corrected chi connectivity index (χ4v) is 4.17. The fraction of sp³-hybridized carbons (Fsp3) is 0.562. The molecule has 0 aromatic heterocycles. The second kappa shape index (κ2) is 5.95. The van der Waals surface area contributed by atoms with Gasteiger partial charge in [-0.05, 0) is 49.9 Å². The number of halogens is 1. The molecule has 1 amide bonds. The summed E-state index contributed by atoms with van der Waals surface area (Å²) in [5.74, 6) is 0.135. The molecule has 0 aliphatic carbocycles. The summed E-state index contributed by atoms with van der Waals surface area (Å²) in [4.78, 5) is 19.7. The van der Waals surface area contributed by atoms with Crippen LogP contribution in [0.5, 0.6) is 0 Å². The van der Waals surface area contributed by atoms with E-state index in [-0.39, 0.29) is 17.7 Å². The number of hydrogen-bond donors (Lipinski definition) is 1. The SMILES string of the molecule is CONC(=O)C1C2CC[C@H](C[C@@H]1c1ccc(Cl)cc1)N2C. The molecule has 1 aromatic rings. The van der Waals surface area contributed by atoms with Crippen molar-refractivity contribution >= 4 is 17.5 Å². The molecule has 2 fully saturated rings. The first-order valence-electron chi connectivity index (χ1n) is 7.42. The molecule has 4 atom stereocenters. The number of nitrogens with one attached hydrogen (secondary N) is 1. The Labute approximate surface area is 130 Å². The standard InChI is InChI=1S/C16H21ClN2O2/c1-19-12-7-8-14(19)15(16(20)18-21-2)13(9-12)10-3-5-11(17)6-4-10/h3-6,12-15H,7-9H2,1-2H3,(H,18,20)/t12-,13-,14?,15?/m1/s1. The van der Waals surface area contributed by atoms with Crippen LogP contribution in [-0.4, -0.2) is 37.0 Å². The van der Waals surface area contributed by atoms with Gasteiger partial charge in [0, 0.05) is 17.1 Å². The molecular formula is C16H21ClN2O2. The summed E-state index contributed by atoms with van der Waals surface area (Å²) in [7, 11) is 3.62. The third kappa shape index (κ3) is 2.68. The van der Waals surface area contributed by atoms with Gasteiger partial charge >= 0.3 is 0 Å². The van der Waals surface area contributed by atoms with Gasteiger partial charge in [0.2, 0.25) is 5.91 Å². The summed E-state index contributed by atoms with van der Waals surface area (Å²) in [6.07, 6.45) is 3.26. The number of hydrogen-bond acceptors (Lipinski definition) is 3. The van der Waals surface area contributed by atoms with Crippen molar-refractivity contribution in [1.82, 2.24) is 10.4 Å². The normalized spacial score (nSPS) is 32.1. The molecule has 1 aromatic carbocycles. The van der Waals surface area contributed by atoms with Crippen LogP contribution in [0.3, 0.4) is 0 Å². The summed E-state index contributed by atoms with van der Waals surface area (Å²) in [5, 5.41) is 0.729. The molecular weight excluding hydrogens is 288 g/mol. The van der Waals surface area contributed by atoms with E-state index < -0.39 is 0 Å². The Bertz CT molecular complexity index is 520. The van der Waals surface area contributed by atoms with Crippen molar-refractivity contribution in [2.75, 3.05) is 14.2 Å². The van der Waals surface area contributed by atoms with Crippen molar-refractivity contribution in [3.05, 3.63) is 34.9 Å². The molecule has 2 saturated heterocycles. The molecule has 4 nitrogen and oxygen atoms in total. The lowest BCUT2D eigenvalue weighted by molar-refractivity contribution is -0.140. The maximum atomic E-state index is 12.5. The third-order valence-electron chi connectivity index (χ3n) is 5.07. The van der Waals surface area contributed by atoms with E-state index in [4.69, 9.17) is 16.4 Å². The number of benzene rings is 1. The maximum Gasteiger partial charge on any atom is 0.248 e. The lowest BCUT2D eigenvalue weighted by atomic mass is 9.76. The summed E-state index contributed by atoms with van der Waals surface area (Å²) >= 11 is 5.98. The van der Waals surface area contributed by atoms with Crippen molar-refractivity contribution in [1.29, 1.82) is 0 Å². The number of hydroxylamine groups is 1. The summed E-state index contributed by atoms with van der Waals surface area (Å²) in [5.41, 5.74) is 3.73. The average Bonchev–Trinajstić information content (AvgIpc) is 2.72. The Hall–Kier alpha value is -1.10. The van der Waals surface area contributed by atoms with Gasteiger partial charge in [-0.25, -0.2) is 5.48 Å². The first-order chi connectivity index (χ1) is 10.1. The number of amides is 1. The van der Waals surface area contributed by atoms with Crippen molar-refractivity contribution in [2.24, 2.45) is 5.92 Å². The van der Waals surface area contributed by atoms with Crippen LogP contribution in [0.1, 0.15) is 30.7 Å². The zero-order valence-electron chi connectivity index (χ0n) is 12.4. The van der Waals surface area contributed by atoms with E-state index in [1.54, 1.807) is 0 Å². The van der Waals surface area contributed by atoms with Crippen LogP contribution >= 0.6 is 11.6 Å². The van der Waals surface area contributed by atoms with Crippen molar-refractivity contribution < 1.29 is 9.63 Å². The van der Waals surface area contributed by atoms with Crippen LogP contribution in [0, 0.1) is 5.92 Å². The number of piperidine rings is 1. The van der Waals surface area contributed by atoms with E-state index in [2.05, 4.69) is 17.4 Å². The Morgan fingerprint density at radius 3 is 2.71 bits per heavy atom. The predicted molar refractivity (Wildman–Crippen MR) is 82.0 cm³/mol. The zero-order valence-corrected chi connectivity index (χ0v) is 13.1. The first kappa shape index (κ1) is 14.8. The highest BCUT2D eigenvalue weighted by Crippen LogP contribution is 2.46. The van der Waals surface area contributed by atoms with Crippen LogP contribution in [0.25, 0.3) is 0 Å². The van der Waals surface area contributed by atoms with Gasteiger partial charge in [-0.15, -0.1) is 0 Å². The highest BCUT2D eigenvalue weighted by atomic mass is 35.5. The maximum absolute atomic E-state index is 12.5. The summed E-state index contributed by atoms with van der Waals surface area (Å²) in [6, 6.07) is 8.77. The Morgan fingerprint density at radius 2 is 2.05 bits per heavy atom. The Morgan fingerprint density at radius 1 is 1.33 bits per heavy atom. The molecule has 2 bridgehead atoms. The van der Waals surface area contributed by atoms with Gasteiger partial charge < -0.3 is 0 Å². The van der Waals surface area contributed by atoms with Gasteiger partial charge in [0.15, 0.2) is 0 Å². The molecule has 2 aliphatic rings. The molecule has 5 heteroatoms. The van der Waals surface area contributed by atoms with Crippen molar-refractivity contribution in [2.45, 2.75) is 37.3 Å². The smallest absolute Gasteiger partial charge is 0.248 e. The number of fused-ring (bicyclic) bond motifs is 2. The predicted octanol–water partition coefficient (Wildman–Crippen LogP) is 2.58. The van der Waals surface area contributed by atoms with Crippen LogP contribution in [0.4, 0.5) is 0 Å². The summed E-state index contributed by atoms with van der Waals surface area (Å²) in [6.45, 7) is 0. The molecule has 1 N–H and O–H groups in total. The highest BCUT2D eigenvalue weighted by Gasteiger charge is 2.49. The summed E-state index contributed by atoms with van der Waals surface area (Å²) < 4.78 is 0. The lowest BCUT2D eigenvalue weighted by Crippen LogP contribution is -2.51. The Kier molecular flexibility index (Phi) is 4.20. The first-order valence-corrected chi connectivity index (χ1v) is 7.80. The topological polar surface area (TPSA) is 41.6 Å². The van der Waals surface area contributed by atoms with E-state index in [0.29, 0.717) is 12.1 Å². The van der Waals surface area contributed by atoms with Gasteiger partial charge in [0.05, 0.1) is 13.0 Å².